The second-order valence-electron chi connectivity index (χ2n) is 4.38. The number of hydrogen-bond donors (Lipinski definition) is 0. The minimum absolute atomic E-state index is 0.0108. The highest BCUT2D eigenvalue weighted by Crippen LogP contribution is 2.35. The molecule has 2 aliphatic rings. The van der Waals surface area contributed by atoms with Crippen LogP contribution in [-0.2, 0) is 4.79 Å². The minimum atomic E-state index is -0.363. The van der Waals surface area contributed by atoms with Crippen molar-refractivity contribution < 1.29 is 19.1 Å². The molecule has 1 aromatic rings. The predicted octanol–water partition coefficient (Wildman–Crippen LogP) is 2.13. The van der Waals surface area contributed by atoms with Gasteiger partial charge in [-0.3, -0.25) is 14.5 Å². The topological polar surface area (TPSA) is 55.8 Å². The predicted molar refractivity (Wildman–Crippen MR) is 78.9 cm³/mol. The molecule has 0 unspecified atom stereocenters. The first-order chi connectivity index (χ1) is 10.2. The van der Waals surface area contributed by atoms with Crippen LogP contribution in [0.3, 0.4) is 0 Å². The largest absolute Gasteiger partial charge is 0.486 e. The van der Waals surface area contributed by atoms with E-state index in [-0.39, 0.29) is 17.7 Å². The highest BCUT2D eigenvalue weighted by molar-refractivity contribution is 8.18. The fourth-order valence-corrected chi connectivity index (χ4v) is 2.87. The number of thioether (sulfide) groups is 1. The van der Waals surface area contributed by atoms with Gasteiger partial charge in [-0.2, -0.15) is 0 Å². The fourth-order valence-electron chi connectivity index (χ4n) is 2.03. The van der Waals surface area contributed by atoms with Crippen LogP contribution in [0.25, 0.3) is 6.08 Å². The number of rotatable bonds is 2. The van der Waals surface area contributed by atoms with Gasteiger partial charge in [0, 0.05) is 0 Å². The van der Waals surface area contributed by atoms with E-state index >= 15 is 0 Å². The van der Waals surface area contributed by atoms with Crippen molar-refractivity contribution in [3.8, 4) is 23.8 Å². The van der Waals surface area contributed by atoms with Crippen LogP contribution in [0.1, 0.15) is 5.56 Å². The summed E-state index contributed by atoms with van der Waals surface area (Å²) in [5.41, 5.74) is 0.769. The monoisotopic (exact) mass is 301 g/mol. The summed E-state index contributed by atoms with van der Waals surface area (Å²) in [6.45, 7) is 1.01. The number of amides is 2. The van der Waals surface area contributed by atoms with Crippen molar-refractivity contribution >= 4 is 29.0 Å². The zero-order valence-corrected chi connectivity index (χ0v) is 11.8. The van der Waals surface area contributed by atoms with Gasteiger partial charge >= 0.3 is 0 Å². The van der Waals surface area contributed by atoms with Crippen LogP contribution in [-0.4, -0.2) is 35.8 Å². The third kappa shape index (κ3) is 2.60. The zero-order chi connectivity index (χ0) is 14.8. The van der Waals surface area contributed by atoms with Crippen molar-refractivity contribution in [2.24, 2.45) is 0 Å². The molecule has 3 rings (SSSR count). The van der Waals surface area contributed by atoms with Gasteiger partial charge in [0.05, 0.1) is 11.4 Å². The van der Waals surface area contributed by atoms with E-state index in [4.69, 9.17) is 15.9 Å². The van der Waals surface area contributed by atoms with E-state index < -0.39 is 0 Å². The number of carbonyl (C=O) groups excluding carboxylic acids is 2. The summed E-state index contributed by atoms with van der Waals surface area (Å²) in [6.07, 6.45) is 6.80. The van der Waals surface area contributed by atoms with Gasteiger partial charge in [-0.1, -0.05) is 12.0 Å². The molecular weight excluding hydrogens is 290 g/mol. The molecule has 0 spiro atoms. The molecule has 106 valence electrons. The Morgan fingerprint density at radius 2 is 2.05 bits per heavy atom. The summed E-state index contributed by atoms with van der Waals surface area (Å²) in [5.74, 6) is 3.26. The third-order valence-corrected chi connectivity index (χ3v) is 3.89. The minimum Gasteiger partial charge on any atom is -0.486 e. The van der Waals surface area contributed by atoms with E-state index in [9.17, 15) is 9.59 Å². The molecule has 0 aliphatic carbocycles. The Bertz CT molecular complexity index is 689. The summed E-state index contributed by atoms with van der Waals surface area (Å²) in [7, 11) is 0. The molecule has 1 aromatic carbocycles. The Morgan fingerprint density at radius 1 is 1.29 bits per heavy atom. The summed E-state index contributed by atoms with van der Waals surface area (Å²) >= 11 is 0.885. The van der Waals surface area contributed by atoms with Crippen molar-refractivity contribution in [1.29, 1.82) is 0 Å². The number of fused-ring (bicyclic) bond motifs is 1. The maximum Gasteiger partial charge on any atom is 0.294 e. The van der Waals surface area contributed by atoms with Gasteiger partial charge in [0.1, 0.15) is 13.2 Å². The quantitative estimate of drug-likeness (QED) is 0.618. The summed E-state index contributed by atoms with van der Waals surface area (Å²) in [6, 6.07) is 5.37. The molecule has 21 heavy (non-hydrogen) atoms. The Kier molecular flexibility index (Phi) is 3.59. The molecule has 0 N–H and O–H groups in total. The Balaban J connectivity index is 1.87. The lowest BCUT2D eigenvalue weighted by Crippen LogP contribution is -2.28. The highest BCUT2D eigenvalue weighted by atomic mass is 32.2. The van der Waals surface area contributed by atoms with Gasteiger partial charge in [-0.25, -0.2) is 0 Å². The number of benzene rings is 1. The maximum absolute atomic E-state index is 12.1. The third-order valence-electron chi connectivity index (χ3n) is 2.99. The second kappa shape index (κ2) is 5.54. The average Bonchev–Trinajstić information content (AvgIpc) is 2.75. The van der Waals surface area contributed by atoms with Crippen LogP contribution in [0.2, 0.25) is 0 Å². The molecule has 0 bridgehead atoms. The lowest BCUT2D eigenvalue weighted by atomic mass is 10.1. The molecule has 0 radical (unpaired) electrons. The van der Waals surface area contributed by atoms with E-state index in [0.29, 0.717) is 29.6 Å². The molecule has 2 heterocycles. The van der Waals surface area contributed by atoms with Gasteiger partial charge in [-0.05, 0) is 35.5 Å². The summed E-state index contributed by atoms with van der Waals surface area (Å²) in [5, 5.41) is -0.346. The molecule has 1 fully saturated rings. The first-order valence-electron chi connectivity index (χ1n) is 6.27. The lowest BCUT2D eigenvalue weighted by molar-refractivity contribution is -0.122. The zero-order valence-electron chi connectivity index (χ0n) is 11.0. The molecule has 0 aromatic heterocycles. The van der Waals surface area contributed by atoms with Crippen LogP contribution >= 0.6 is 11.8 Å². The molecule has 1 saturated heterocycles. The molecule has 2 amide bonds. The first-order valence-corrected chi connectivity index (χ1v) is 7.09. The smallest absolute Gasteiger partial charge is 0.294 e. The normalized spacial score (nSPS) is 19.0. The second-order valence-corrected chi connectivity index (χ2v) is 5.37. The summed E-state index contributed by atoms with van der Waals surface area (Å²) < 4.78 is 10.9. The van der Waals surface area contributed by atoms with E-state index in [1.165, 1.54) is 0 Å². The van der Waals surface area contributed by atoms with Gasteiger partial charge in [-0.15, -0.1) is 6.42 Å². The average molecular weight is 301 g/mol. The maximum atomic E-state index is 12.1. The number of terminal acetylenes is 1. The Morgan fingerprint density at radius 3 is 2.81 bits per heavy atom. The Hall–Kier alpha value is -2.39. The van der Waals surface area contributed by atoms with Crippen molar-refractivity contribution in [3.63, 3.8) is 0 Å². The number of ether oxygens (including phenoxy) is 2. The Labute approximate surface area is 125 Å². The van der Waals surface area contributed by atoms with E-state index in [2.05, 4.69) is 5.92 Å². The van der Waals surface area contributed by atoms with Crippen molar-refractivity contribution in [3.05, 3.63) is 28.7 Å². The molecular formula is C15H11NO4S. The fraction of sp³-hybridized carbons (Fsp3) is 0.200. The van der Waals surface area contributed by atoms with E-state index in [1.54, 1.807) is 18.2 Å². The van der Waals surface area contributed by atoms with Crippen LogP contribution < -0.4 is 9.47 Å². The SMILES string of the molecule is C#CCN1C(=O)S/C(=C/c2ccc3c(c2)OCCO3)C1=O. The van der Waals surface area contributed by atoms with Crippen LogP contribution in [0.4, 0.5) is 4.79 Å². The van der Waals surface area contributed by atoms with Crippen LogP contribution in [0, 0.1) is 12.3 Å². The molecule has 0 atom stereocenters. The van der Waals surface area contributed by atoms with E-state index in [0.717, 1.165) is 22.2 Å². The van der Waals surface area contributed by atoms with Crippen molar-refractivity contribution in [2.45, 2.75) is 0 Å². The van der Waals surface area contributed by atoms with Crippen LogP contribution in [0.5, 0.6) is 11.5 Å². The van der Waals surface area contributed by atoms with Gasteiger partial charge in [0.15, 0.2) is 11.5 Å². The van der Waals surface area contributed by atoms with Crippen molar-refractivity contribution in [1.82, 2.24) is 4.90 Å². The number of nitrogens with zero attached hydrogens (tertiary/aromatic N) is 1. The van der Waals surface area contributed by atoms with Crippen LogP contribution in [0.15, 0.2) is 23.1 Å². The van der Waals surface area contributed by atoms with Crippen molar-refractivity contribution in [2.75, 3.05) is 19.8 Å². The van der Waals surface area contributed by atoms with E-state index in [1.807, 2.05) is 6.07 Å². The molecule has 2 aliphatic heterocycles. The van der Waals surface area contributed by atoms with Gasteiger partial charge in [0.25, 0.3) is 11.1 Å². The number of carbonyl (C=O) groups is 2. The number of imide groups is 1. The molecule has 6 heteroatoms. The summed E-state index contributed by atoms with van der Waals surface area (Å²) in [4.78, 5) is 25.2. The molecule has 5 nitrogen and oxygen atoms in total. The van der Waals surface area contributed by atoms with Gasteiger partial charge < -0.3 is 9.47 Å². The standard InChI is InChI=1S/C15H11NO4S/c1-2-5-16-14(17)13(21-15(16)18)9-10-3-4-11-12(8-10)20-7-6-19-11/h1,3-4,8-9H,5-7H2/b13-9+. The lowest BCUT2D eigenvalue weighted by Gasteiger charge is -2.18. The molecule has 0 saturated carbocycles. The number of hydrogen-bond acceptors (Lipinski definition) is 5. The highest BCUT2D eigenvalue weighted by Gasteiger charge is 2.34. The van der Waals surface area contributed by atoms with Gasteiger partial charge in [0.2, 0.25) is 0 Å². The first kappa shape index (κ1) is 13.6.